The van der Waals surface area contributed by atoms with Crippen LogP contribution in [0.15, 0.2) is 0 Å². The third-order valence-corrected chi connectivity index (χ3v) is 16.3. The summed E-state index contributed by atoms with van der Waals surface area (Å²) >= 11 is 0. The van der Waals surface area contributed by atoms with Crippen molar-refractivity contribution in [1.82, 2.24) is 5.32 Å². The minimum atomic E-state index is -0.552. The number of rotatable bonds is 5. The molecule has 15 atom stereocenters. The molecule has 238 valence electrons. The molecule has 0 aliphatic heterocycles. The zero-order chi connectivity index (χ0) is 30.4. The van der Waals surface area contributed by atoms with Crippen molar-refractivity contribution >= 4 is 11.9 Å². The van der Waals surface area contributed by atoms with E-state index in [9.17, 15) is 9.59 Å². The van der Waals surface area contributed by atoms with Gasteiger partial charge in [-0.05, 0) is 152 Å². The molecule has 42 heavy (non-hydrogen) atoms. The number of esters is 1. The van der Waals surface area contributed by atoms with Crippen molar-refractivity contribution in [2.24, 2.45) is 87.3 Å². The fourth-order valence-electron chi connectivity index (χ4n) is 13.7. The van der Waals surface area contributed by atoms with Crippen molar-refractivity contribution in [3.8, 4) is 0 Å². The first-order valence-electron chi connectivity index (χ1n) is 18.2. The molecule has 0 heterocycles. The van der Waals surface area contributed by atoms with Gasteiger partial charge in [-0.3, -0.25) is 4.79 Å². The Balaban J connectivity index is 1.20. The van der Waals surface area contributed by atoms with E-state index in [0.29, 0.717) is 28.1 Å². The fourth-order valence-corrected chi connectivity index (χ4v) is 13.7. The molecule has 0 aromatic heterocycles. The molecule has 6 aliphatic carbocycles. The number of hydrogen-bond donors (Lipinski definition) is 1. The number of ether oxygens (including phenoxy) is 1. The van der Waals surface area contributed by atoms with Crippen molar-refractivity contribution in [2.45, 2.75) is 132 Å². The molecule has 0 saturated heterocycles. The molecule has 6 fully saturated rings. The van der Waals surface area contributed by atoms with Gasteiger partial charge in [0.2, 0.25) is 5.91 Å². The SMILES string of the molecule is COC(=O)C(NC(=O)C1CC([C@]23CCC(C)C2C2CCC4C(CCC5C(C)C(C)CCC54C)[C@]2(C)CC3)C1C)C(C)C. The molecule has 6 aliphatic rings. The molecule has 6 saturated carbocycles. The van der Waals surface area contributed by atoms with Crippen LogP contribution in [0.4, 0.5) is 0 Å². The first-order chi connectivity index (χ1) is 19.8. The van der Waals surface area contributed by atoms with Gasteiger partial charge in [-0.15, -0.1) is 0 Å². The van der Waals surface area contributed by atoms with E-state index in [1.165, 1.54) is 71.3 Å². The van der Waals surface area contributed by atoms with Crippen LogP contribution >= 0.6 is 0 Å². The number of fused-ring (bicyclic) bond motifs is 7. The Labute approximate surface area is 257 Å². The molecule has 0 spiro atoms. The average Bonchev–Trinajstić information content (AvgIpc) is 3.29. The first kappa shape index (κ1) is 30.9. The van der Waals surface area contributed by atoms with Crippen LogP contribution in [0.5, 0.6) is 0 Å². The van der Waals surface area contributed by atoms with E-state index in [1.54, 1.807) is 0 Å². The number of carbonyl (C=O) groups excluding carboxylic acids is 2. The van der Waals surface area contributed by atoms with Crippen molar-refractivity contribution in [2.75, 3.05) is 7.11 Å². The molecule has 4 heteroatoms. The first-order valence-corrected chi connectivity index (χ1v) is 18.2. The Hall–Kier alpha value is -1.06. The summed E-state index contributed by atoms with van der Waals surface area (Å²) < 4.78 is 5.01. The van der Waals surface area contributed by atoms with Crippen LogP contribution in [0.1, 0.15) is 126 Å². The zero-order valence-corrected chi connectivity index (χ0v) is 28.5. The van der Waals surface area contributed by atoms with Crippen LogP contribution in [-0.4, -0.2) is 25.0 Å². The minimum Gasteiger partial charge on any atom is -0.467 e. The van der Waals surface area contributed by atoms with Gasteiger partial charge >= 0.3 is 5.97 Å². The topological polar surface area (TPSA) is 55.4 Å². The van der Waals surface area contributed by atoms with Gasteiger partial charge in [0.05, 0.1) is 7.11 Å². The zero-order valence-electron chi connectivity index (χ0n) is 28.5. The van der Waals surface area contributed by atoms with Crippen LogP contribution < -0.4 is 5.32 Å². The molecular weight excluding hydrogens is 518 g/mol. The molecule has 13 unspecified atom stereocenters. The lowest BCUT2D eigenvalue weighted by atomic mass is 9.36. The molecule has 0 aromatic carbocycles. The highest BCUT2D eigenvalue weighted by Crippen LogP contribution is 2.75. The van der Waals surface area contributed by atoms with Crippen LogP contribution in [0.25, 0.3) is 0 Å². The van der Waals surface area contributed by atoms with Gasteiger partial charge in [-0.2, -0.15) is 0 Å². The third-order valence-electron chi connectivity index (χ3n) is 16.3. The summed E-state index contributed by atoms with van der Waals surface area (Å²) in [6.45, 7) is 19.5. The Morgan fingerprint density at radius 1 is 0.714 bits per heavy atom. The van der Waals surface area contributed by atoms with E-state index in [1.807, 2.05) is 13.8 Å². The smallest absolute Gasteiger partial charge is 0.328 e. The highest BCUT2D eigenvalue weighted by atomic mass is 16.5. The Morgan fingerprint density at radius 2 is 1.31 bits per heavy atom. The van der Waals surface area contributed by atoms with Gasteiger partial charge in [0, 0.05) is 5.92 Å². The number of carbonyl (C=O) groups is 2. The predicted molar refractivity (Wildman–Crippen MR) is 169 cm³/mol. The van der Waals surface area contributed by atoms with Crippen molar-refractivity contribution in [1.29, 1.82) is 0 Å². The standard InChI is InChI=1S/C38H63NO3/c1-21(2)33(35(41)42-9)39-34(40)26-20-31(25(26)6)38-17-15-23(4)32(38)30-13-12-28-29(37(30,8)18-19-38)11-10-27-24(5)22(3)14-16-36(27,28)7/h21-33H,10-20H2,1-9H3,(H,39,40)/t22?,23?,24?,25?,26?,27?,28?,29?,30?,31?,32?,33?,36?,37-,38+/m0/s1. The molecule has 0 radical (unpaired) electrons. The number of methoxy groups -OCH3 is 1. The summed E-state index contributed by atoms with van der Waals surface area (Å²) in [5, 5.41) is 3.09. The van der Waals surface area contributed by atoms with Gasteiger partial charge in [-0.1, -0.05) is 55.4 Å². The third kappa shape index (κ3) is 4.32. The maximum Gasteiger partial charge on any atom is 0.328 e. The average molecular weight is 582 g/mol. The van der Waals surface area contributed by atoms with Gasteiger partial charge < -0.3 is 10.1 Å². The van der Waals surface area contributed by atoms with Gasteiger partial charge in [0.15, 0.2) is 0 Å². The van der Waals surface area contributed by atoms with Crippen molar-refractivity contribution in [3.05, 3.63) is 0 Å². The predicted octanol–water partition coefficient (Wildman–Crippen LogP) is 8.53. The summed E-state index contributed by atoms with van der Waals surface area (Å²) in [4.78, 5) is 25.8. The maximum atomic E-state index is 13.5. The molecule has 0 bridgehead atoms. The van der Waals surface area contributed by atoms with E-state index >= 15 is 0 Å². The van der Waals surface area contributed by atoms with Crippen molar-refractivity contribution in [3.63, 3.8) is 0 Å². The second-order valence-corrected chi connectivity index (χ2v) is 17.8. The minimum absolute atomic E-state index is 0.0231. The summed E-state index contributed by atoms with van der Waals surface area (Å²) in [6, 6.07) is -0.552. The summed E-state index contributed by atoms with van der Waals surface area (Å²) in [5.74, 6) is 7.88. The lowest BCUT2D eigenvalue weighted by Crippen LogP contribution is -2.63. The van der Waals surface area contributed by atoms with E-state index in [0.717, 1.165) is 53.8 Å². The van der Waals surface area contributed by atoms with Crippen molar-refractivity contribution < 1.29 is 14.3 Å². The molecule has 6 rings (SSSR count). The van der Waals surface area contributed by atoms with Crippen LogP contribution in [0, 0.1) is 87.3 Å². The molecule has 1 amide bonds. The summed E-state index contributed by atoms with van der Waals surface area (Å²) in [5.41, 5.74) is 1.47. The lowest BCUT2D eigenvalue weighted by Gasteiger charge is -2.69. The highest BCUT2D eigenvalue weighted by Gasteiger charge is 2.68. The fraction of sp³-hybridized carbons (Fsp3) is 0.947. The summed E-state index contributed by atoms with van der Waals surface area (Å²) in [6.07, 6.45) is 15.3. The highest BCUT2D eigenvalue weighted by molar-refractivity contribution is 5.86. The largest absolute Gasteiger partial charge is 0.467 e. The van der Waals surface area contributed by atoms with E-state index in [-0.39, 0.29) is 23.7 Å². The van der Waals surface area contributed by atoms with E-state index in [2.05, 4.69) is 46.9 Å². The monoisotopic (exact) mass is 581 g/mol. The molecule has 4 nitrogen and oxygen atoms in total. The Kier molecular flexibility index (Phi) is 7.95. The van der Waals surface area contributed by atoms with Gasteiger partial charge in [-0.25, -0.2) is 4.79 Å². The van der Waals surface area contributed by atoms with Gasteiger partial charge in [0.25, 0.3) is 0 Å². The van der Waals surface area contributed by atoms with Crippen LogP contribution in [0.2, 0.25) is 0 Å². The number of hydrogen-bond acceptors (Lipinski definition) is 3. The summed E-state index contributed by atoms with van der Waals surface area (Å²) in [7, 11) is 1.42. The molecule has 0 aromatic rings. The number of nitrogens with one attached hydrogen (secondary N) is 1. The Morgan fingerprint density at radius 3 is 1.93 bits per heavy atom. The van der Waals surface area contributed by atoms with E-state index < -0.39 is 6.04 Å². The van der Waals surface area contributed by atoms with Crippen LogP contribution in [0.3, 0.4) is 0 Å². The quantitative estimate of drug-likeness (QED) is 0.331. The maximum absolute atomic E-state index is 13.5. The van der Waals surface area contributed by atoms with Gasteiger partial charge in [0.1, 0.15) is 6.04 Å². The Bertz CT molecular complexity index is 1050. The second kappa shape index (κ2) is 10.8. The van der Waals surface area contributed by atoms with Crippen LogP contribution in [-0.2, 0) is 14.3 Å². The lowest BCUT2D eigenvalue weighted by molar-refractivity contribution is -0.204. The molecular formula is C38H63NO3. The number of amides is 1. The molecule has 1 N–H and O–H groups in total. The second-order valence-electron chi connectivity index (χ2n) is 17.8. The van der Waals surface area contributed by atoms with E-state index in [4.69, 9.17) is 4.74 Å². The normalized spacial score (nSPS) is 52.2.